The van der Waals surface area contributed by atoms with E-state index in [-0.39, 0.29) is 0 Å². The summed E-state index contributed by atoms with van der Waals surface area (Å²) in [6, 6.07) is 0. The molecular formula is C17H34. The molecule has 0 aliphatic carbocycles. The summed E-state index contributed by atoms with van der Waals surface area (Å²) in [7, 11) is 0. The normalized spacial score (nSPS) is 11.4. The number of unbranched alkanes of at least 4 members (excludes halogenated alkanes) is 11. The Balaban J connectivity index is 2.94. The fraction of sp³-hybridized carbons (Fsp3) is 0.882. The lowest BCUT2D eigenvalue weighted by molar-refractivity contribution is 0.557. The summed E-state index contributed by atoms with van der Waals surface area (Å²) in [6.07, 6.45) is 23.0. The van der Waals surface area contributed by atoms with Gasteiger partial charge in [0.05, 0.1) is 0 Å². The molecule has 0 heteroatoms. The molecule has 0 bridgehead atoms. The van der Waals surface area contributed by atoms with Gasteiger partial charge in [-0.1, -0.05) is 90.2 Å². The molecule has 0 aromatic carbocycles. The molecule has 0 nitrogen and oxygen atoms in total. The van der Waals surface area contributed by atoms with Crippen LogP contribution in [-0.4, -0.2) is 0 Å². The maximum atomic E-state index is 2.37. The molecule has 0 rings (SSSR count). The van der Waals surface area contributed by atoms with E-state index >= 15 is 0 Å². The highest BCUT2D eigenvalue weighted by molar-refractivity contribution is 4.80. The van der Waals surface area contributed by atoms with E-state index in [0.29, 0.717) is 0 Å². The van der Waals surface area contributed by atoms with Crippen molar-refractivity contribution in [2.45, 2.75) is 97.3 Å². The van der Waals surface area contributed by atoms with Gasteiger partial charge in [-0.2, -0.15) is 0 Å². The molecule has 0 fully saturated rings. The average Bonchev–Trinajstić information content (AvgIpc) is 2.35. The Morgan fingerprint density at radius 2 is 0.941 bits per heavy atom. The molecule has 0 aliphatic heterocycles. The van der Waals surface area contributed by atoms with E-state index in [4.69, 9.17) is 0 Å². The van der Waals surface area contributed by atoms with Crippen LogP contribution in [0.25, 0.3) is 0 Å². The fourth-order valence-electron chi connectivity index (χ4n) is 2.15. The lowest BCUT2D eigenvalue weighted by Gasteiger charge is -2.01. The summed E-state index contributed by atoms with van der Waals surface area (Å²) in [4.78, 5) is 0. The highest BCUT2D eigenvalue weighted by atomic mass is 14.0. The summed E-state index contributed by atoms with van der Waals surface area (Å²) >= 11 is 0. The van der Waals surface area contributed by atoms with Gasteiger partial charge in [0.15, 0.2) is 0 Å². The van der Waals surface area contributed by atoms with E-state index in [0.717, 1.165) is 0 Å². The molecule has 0 spiro atoms. The second-order valence-corrected chi connectivity index (χ2v) is 5.23. The smallest absolute Gasteiger partial charge is 0.0351 e. The van der Waals surface area contributed by atoms with E-state index in [2.05, 4.69) is 26.0 Å². The third-order valence-corrected chi connectivity index (χ3v) is 3.35. The van der Waals surface area contributed by atoms with Crippen molar-refractivity contribution in [3.63, 3.8) is 0 Å². The standard InChI is InChI=1S/C17H34/c1-3-5-7-9-11-13-15-17-16-14-12-10-8-6-4-2/h7,9H,3-6,8,10-17H2,1-2H3/b9-7+. The Morgan fingerprint density at radius 3 is 1.47 bits per heavy atom. The van der Waals surface area contributed by atoms with Crippen molar-refractivity contribution in [3.05, 3.63) is 12.2 Å². The van der Waals surface area contributed by atoms with Gasteiger partial charge in [-0.05, 0) is 19.3 Å². The van der Waals surface area contributed by atoms with E-state index in [9.17, 15) is 0 Å². The van der Waals surface area contributed by atoms with Crippen LogP contribution < -0.4 is 0 Å². The highest BCUT2D eigenvalue weighted by Gasteiger charge is 1.91. The summed E-state index contributed by atoms with van der Waals surface area (Å²) in [5.41, 5.74) is 0. The van der Waals surface area contributed by atoms with Crippen LogP contribution in [0, 0.1) is 0 Å². The number of hydrogen-bond acceptors (Lipinski definition) is 0. The molecular weight excluding hydrogens is 204 g/mol. The molecule has 0 N–H and O–H groups in total. The first-order chi connectivity index (χ1) is 8.41. The molecule has 0 aromatic heterocycles. The lowest BCUT2D eigenvalue weighted by atomic mass is 10.1. The predicted molar refractivity (Wildman–Crippen MR) is 80.5 cm³/mol. The summed E-state index contributed by atoms with van der Waals surface area (Å²) < 4.78 is 0. The van der Waals surface area contributed by atoms with Gasteiger partial charge < -0.3 is 0 Å². The molecule has 0 aromatic rings. The molecule has 0 saturated heterocycles. The zero-order valence-corrected chi connectivity index (χ0v) is 12.3. The predicted octanol–water partition coefficient (Wildman–Crippen LogP) is 6.65. The van der Waals surface area contributed by atoms with Crippen LogP contribution in [0.15, 0.2) is 12.2 Å². The first kappa shape index (κ1) is 16.7. The summed E-state index contributed by atoms with van der Waals surface area (Å²) in [6.45, 7) is 4.53. The van der Waals surface area contributed by atoms with Crippen molar-refractivity contribution in [2.75, 3.05) is 0 Å². The second kappa shape index (κ2) is 15.7. The van der Waals surface area contributed by atoms with Crippen molar-refractivity contribution in [3.8, 4) is 0 Å². The van der Waals surface area contributed by atoms with Crippen LogP contribution in [0.1, 0.15) is 97.3 Å². The van der Waals surface area contributed by atoms with Crippen molar-refractivity contribution >= 4 is 0 Å². The highest BCUT2D eigenvalue weighted by Crippen LogP contribution is 2.11. The van der Waals surface area contributed by atoms with Crippen LogP contribution >= 0.6 is 0 Å². The van der Waals surface area contributed by atoms with Crippen LogP contribution in [0.2, 0.25) is 0 Å². The van der Waals surface area contributed by atoms with Gasteiger partial charge in [0, 0.05) is 0 Å². The van der Waals surface area contributed by atoms with E-state index in [1.54, 1.807) is 0 Å². The van der Waals surface area contributed by atoms with Gasteiger partial charge in [0.2, 0.25) is 0 Å². The third kappa shape index (κ3) is 15.7. The van der Waals surface area contributed by atoms with Crippen LogP contribution in [0.4, 0.5) is 0 Å². The third-order valence-electron chi connectivity index (χ3n) is 3.35. The molecule has 0 heterocycles. The Labute approximate surface area is 110 Å². The molecule has 0 amide bonds. The molecule has 0 radical (unpaired) electrons. The zero-order valence-electron chi connectivity index (χ0n) is 12.3. The SMILES string of the molecule is CCC/C=C/CCCCCCCCCCCC. The van der Waals surface area contributed by atoms with Gasteiger partial charge in [-0.15, -0.1) is 0 Å². The van der Waals surface area contributed by atoms with Crippen LogP contribution in [0.3, 0.4) is 0 Å². The minimum absolute atomic E-state index is 1.26. The van der Waals surface area contributed by atoms with Gasteiger partial charge >= 0.3 is 0 Å². The van der Waals surface area contributed by atoms with Crippen LogP contribution in [0.5, 0.6) is 0 Å². The second-order valence-electron chi connectivity index (χ2n) is 5.23. The van der Waals surface area contributed by atoms with Crippen molar-refractivity contribution in [2.24, 2.45) is 0 Å². The maximum absolute atomic E-state index is 2.37. The van der Waals surface area contributed by atoms with Gasteiger partial charge in [0.25, 0.3) is 0 Å². The maximum Gasteiger partial charge on any atom is -0.0351 e. The quantitative estimate of drug-likeness (QED) is 0.249. The number of hydrogen-bond donors (Lipinski definition) is 0. The van der Waals surface area contributed by atoms with E-state index in [1.807, 2.05) is 0 Å². The Hall–Kier alpha value is -0.260. The summed E-state index contributed by atoms with van der Waals surface area (Å²) in [5, 5.41) is 0. The monoisotopic (exact) mass is 238 g/mol. The molecule has 17 heavy (non-hydrogen) atoms. The van der Waals surface area contributed by atoms with Crippen molar-refractivity contribution in [1.82, 2.24) is 0 Å². The Kier molecular flexibility index (Phi) is 15.5. The number of rotatable bonds is 13. The zero-order chi connectivity index (χ0) is 12.6. The topological polar surface area (TPSA) is 0 Å². The van der Waals surface area contributed by atoms with E-state index < -0.39 is 0 Å². The molecule has 102 valence electrons. The molecule has 0 aliphatic rings. The van der Waals surface area contributed by atoms with Gasteiger partial charge in [-0.25, -0.2) is 0 Å². The van der Waals surface area contributed by atoms with Crippen molar-refractivity contribution in [1.29, 1.82) is 0 Å². The Bertz CT molecular complexity index is 146. The molecule has 0 unspecified atom stereocenters. The van der Waals surface area contributed by atoms with E-state index in [1.165, 1.54) is 83.5 Å². The lowest BCUT2D eigenvalue weighted by Crippen LogP contribution is -1.81. The minimum atomic E-state index is 1.26. The summed E-state index contributed by atoms with van der Waals surface area (Å²) in [5.74, 6) is 0. The molecule has 0 saturated carbocycles. The molecule has 0 atom stereocenters. The van der Waals surface area contributed by atoms with Gasteiger partial charge in [0.1, 0.15) is 0 Å². The first-order valence-corrected chi connectivity index (χ1v) is 8.06. The van der Waals surface area contributed by atoms with Crippen molar-refractivity contribution < 1.29 is 0 Å². The average molecular weight is 238 g/mol. The van der Waals surface area contributed by atoms with Gasteiger partial charge in [-0.3, -0.25) is 0 Å². The van der Waals surface area contributed by atoms with Crippen LogP contribution in [-0.2, 0) is 0 Å². The first-order valence-electron chi connectivity index (χ1n) is 8.06. The minimum Gasteiger partial charge on any atom is -0.0885 e. The Morgan fingerprint density at radius 1 is 0.471 bits per heavy atom. The fourth-order valence-corrected chi connectivity index (χ4v) is 2.15. The number of allylic oxidation sites excluding steroid dienone is 2. The largest absolute Gasteiger partial charge is 0.0885 e.